The third-order valence-electron chi connectivity index (χ3n) is 3.37. The van der Waals surface area contributed by atoms with E-state index in [0.29, 0.717) is 33.3 Å². The van der Waals surface area contributed by atoms with Crippen molar-refractivity contribution in [2.75, 3.05) is 0 Å². The number of aromatic nitrogens is 6. The maximum Gasteiger partial charge on any atom is 0.237 e. The van der Waals surface area contributed by atoms with Crippen LogP contribution in [0, 0.1) is 5.82 Å². The molecule has 0 amide bonds. The van der Waals surface area contributed by atoms with Gasteiger partial charge in [-0.15, -0.1) is 5.10 Å². The molecule has 130 valence electrons. The third-order valence-corrected chi connectivity index (χ3v) is 4.51. The fraction of sp³-hybridized carbons (Fsp3) is 0.0625. The van der Waals surface area contributed by atoms with E-state index in [1.165, 1.54) is 28.6 Å². The molecule has 0 saturated heterocycles. The molecule has 0 unspecified atom stereocenters. The van der Waals surface area contributed by atoms with Gasteiger partial charge in [-0.3, -0.25) is 0 Å². The summed E-state index contributed by atoms with van der Waals surface area (Å²) in [5, 5.41) is 16.5. The summed E-state index contributed by atoms with van der Waals surface area (Å²) in [6.07, 6.45) is 0. The molecular formula is C16H10ClFN6OS. The van der Waals surface area contributed by atoms with Gasteiger partial charge in [0.25, 0.3) is 0 Å². The third kappa shape index (κ3) is 3.58. The largest absolute Gasteiger partial charge is 0.338 e. The molecule has 0 aliphatic rings. The van der Waals surface area contributed by atoms with Crippen LogP contribution in [0.15, 0.2) is 58.2 Å². The van der Waals surface area contributed by atoms with E-state index in [9.17, 15) is 4.39 Å². The molecule has 0 fully saturated rings. The number of rotatable bonds is 5. The molecule has 0 radical (unpaired) electrons. The predicted octanol–water partition coefficient (Wildman–Crippen LogP) is 3.80. The number of hydrogen-bond acceptors (Lipinski definition) is 7. The minimum Gasteiger partial charge on any atom is -0.338 e. The van der Waals surface area contributed by atoms with Crippen LogP contribution >= 0.6 is 23.4 Å². The first-order valence-electron chi connectivity index (χ1n) is 7.45. The van der Waals surface area contributed by atoms with Crippen LogP contribution < -0.4 is 0 Å². The van der Waals surface area contributed by atoms with Crippen LogP contribution in [0.5, 0.6) is 0 Å². The monoisotopic (exact) mass is 388 g/mol. The van der Waals surface area contributed by atoms with Gasteiger partial charge >= 0.3 is 0 Å². The summed E-state index contributed by atoms with van der Waals surface area (Å²) < 4.78 is 20.1. The van der Waals surface area contributed by atoms with Crippen molar-refractivity contribution in [1.82, 2.24) is 30.3 Å². The summed E-state index contributed by atoms with van der Waals surface area (Å²) >= 11 is 7.28. The van der Waals surface area contributed by atoms with Gasteiger partial charge in [0.1, 0.15) is 5.82 Å². The standard InChI is InChI=1S/C16H10ClFN6OS/c17-11-4-1-3-10(7-11)15-19-14(25-21-15)9-26-16-20-22-23-24(16)13-6-2-5-12(18)8-13/h1-8H,9H2. The molecule has 10 heteroatoms. The molecule has 0 N–H and O–H groups in total. The first-order chi connectivity index (χ1) is 12.7. The highest BCUT2D eigenvalue weighted by Crippen LogP contribution is 2.24. The Kier molecular flexibility index (Phi) is 4.63. The minimum absolute atomic E-state index is 0.364. The van der Waals surface area contributed by atoms with Crippen molar-refractivity contribution >= 4 is 23.4 Å². The van der Waals surface area contributed by atoms with Crippen molar-refractivity contribution in [3.8, 4) is 17.1 Å². The van der Waals surface area contributed by atoms with Crippen LogP contribution in [0.3, 0.4) is 0 Å². The van der Waals surface area contributed by atoms with Crippen molar-refractivity contribution in [3.05, 3.63) is 65.3 Å². The zero-order chi connectivity index (χ0) is 17.9. The highest BCUT2D eigenvalue weighted by atomic mass is 35.5. The maximum atomic E-state index is 13.4. The van der Waals surface area contributed by atoms with E-state index in [-0.39, 0.29) is 5.82 Å². The lowest BCUT2D eigenvalue weighted by molar-refractivity contribution is 0.391. The smallest absolute Gasteiger partial charge is 0.237 e. The van der Waals surface area contributed by atoms with Crippen LogP contribution in [0.25, 0.3) is 17.1 Å². The average Bonchev–Trinajstić information content (AvgIpc) is 3.29. The molecule has 0 spiro atoms. The van der Waals surface area contributed by atoms with Crippen molar-refractivity contribution in [3.63, 3.8) is 0 Å². The van der Waals surface area contributed by atoms with Crippen molar-refractivity contribution in [2.45, 2.75) is 10.9 Å². The van der Waals surface area contributed by atoms with E-state index in [1.54, 1.807) is 24.3 Å². The SMILES string of the molecule is Fc1cccc(-n2nnnc2SCc2nc(-c3cccc(Cl)c3)no2)c1. The van der Waals surface area contributed by atoms with E-state index in [0.717, 1.165) is 5.56 Å². The zero-order valence-corrected chi connectivity index (χ0v) is 14.7. The van der Waals surface area contributed by atoms with Gasteiger partial charge in [-0.05, 0) is 40.8 Å². The van der Waals surface area contributed by atoms with Crippen molar-refractivity contribution in [1.29, 1.82) is 0 Å². The lowest BCUT2D eigenvalue weighted by Crippen LogP contribution is -1.99. The Morgan fingerprint density at radius 3 is 2.88 bits per heavy atom. The Bertz CT molecular complexity index is 1050. The van der Waals surface area contributed by atoms with Crippen LogP contribution in [0.2, 0.25) is 5.02 Å². The highest BCUT2D eigenvalue weighted by molar-refractivity contribution is 7.98. The van der Waals surface area contributed by atoms with E-state index < -0.39 is 0 Å². The summed E-state index contributed by atoms with van der Waals surface area (Å²) in [4.78, 5) is 4.34. The minimum atomic E-state index is -0.364. The van der Waals surface area contributed by atoms with Crippen LogP contribution in [-0.2, 0) is 5.75 Å². The topological polar surface area (TPSA) is 82.5 Å². The number of thioether (sulfide) groups is 1. The molecule has 0 aliphatic heterocycles. The van der Waals surface area contributed by atoms with Crippen LogP contribution in [-0.4, -0.2) is 30.3 Å². The molecule has 7 nitrogen and oxygen atoms in total. The van der Waals surface area contributed by atoms with Gasteiger partial charge < -0.3 is 4.52 Å². The molecule has 2 aromatic carbocycles. The Balaban J connectivity index is 1.50. The molecule has 2 heterocycles. The molecule has 4 aromatic rings. The fourth-order valence-electron chi connectivity index (χ4n) is 2.22. The van der Waals surface area contributed by atoms with Crippen molar-refractivity contribution in [2.24, 2.45) is 0 Å². The Hall–Kier alpha value is -2.78. The Labute approximate surface area is 156 Å². The van der Waals surface area contributed by atoms with E-state index in [2.05, 4.69) is 25.7 Å². The van der Waals surface area contributed by atoms with Gasteiger partial charge in [0, 0.05) is 10.6 Å². The molecule has 0 saturated carbocycles. The molecule has 2 aromatic heterocycles. The molecule has 0 aliphatic carbocycles. The highest BCUT2D eigenvalue weighted by Gasteiger charge is 2.14. The maximum absolute atomic E-state index is 13.4. The fourth-order valence-corrected chi connectivity index (χ4v) is 3.14. The second-order valence-electron chi connectivity index (χ2n) is 5.16. The molecular weight excluding hydrogens is 379 g/mol. The van der Waals surface area contributed by atoms with Gasteiger partial charge in [0.05, 0.1) is 11.4 Å². The molecule has 0 atom stereocenters. The summed E-state index contributed by atoms with van der Waals surface area (Å²) in [6.45, 7) is 0. The van der Waals surface area contributed by atoms with Gasteiger partial charge in [-0.1, -0.05) is 46.7 Å². The van der Waals surface area contributed by atoms with Gasteiger partial charge in [0.2, 0.25) is 16.9 Å². The first kappa shape index (κ1) is 16.7. The number of benzene rings is 2. The lowest BCUT2D eigenvalue weighted by Gasteiger charge is -2.02. The summed E-state index contributed by atoms with van der Waals surface area (Å²) in [7, 11) is 0. The Morgan fingerprint density at radius 2 is 2.04 bits per heavy atom. The summed E-state index contributed by atoms with van der Waals surface area (Å²) in [5.74, 6) is 0.868. The number of nitrogens with zero attached hydrogens (tertiary/aromatic N) is 6. The van der Waals surface area contributed by atoms with Gasteiger partial charge in [-0.25, -0.2) is 4.39 Å². The van der Waals surface area contributed by atoms with Gasteiger partial charge in [0.15, 0.2) is 0 Å². The second-order valence-corrected chi connectivity index (χ2v) is 6.54. The Morgan fingerprint density at radius 1 is 1.15 bits per heavy atom. The quantitative estimate of drug-likeness (QED) is 0.481. The predicted molar refractivity (Wildman–Crippen MR) is 93.4 cm³/mol. The summed E-state index contributed by atoms with van der Waals surface area (Å²) in [5.41, 5.74) is 1.30. The molecule has 0 bridgehead atoms. The second kappa shape index (κ2) is 7.22. The van der Waals surface area contributed by atoms with E-state index in [1.807, 2.05) is 12.1 Å². The summed E-state index contributed by atoms with van der Waals surface area (Å²) in [6, 6.07) is 13.2. The van der Waals surface area contributed by atoms with Gasteiger partial charge in [-0.2, -0.15) is 9.67 Å². The van der Waals surface area contributed by atoms with Crippen LogP contribution in [0.4, 0.5) is 4.39 Å². The lowest BCUT2D eigenvalue weighted by atomic mass is 10.2. The number of hydrogen-bond donors (Lipinski definition) is 0. The normalized spacial score (nSPS) is 11.0. The molecule has 4 rings (SSSR count). The number of tetrazole rings is 1. The van der Waals surface area contributed by atoms with E-state index >= 15 is 0 Å². The van der Waals surface area contributed by atoms with Crippen LogP contribution in [0.1, 0.15) is 5.89 Å². The molecule has 26 heavy (non-hydrogen) atoms. The first-order valence-corrected chi connectivity index (χ1v) is 8.81. The zero-order valence-electron chi connectivity index (χ0n) is 13.1. The van der Waals surface area contributed by atoms with Crippen molar-refractivity contribution < 1.29 is 8.91 Å². The number of halogens is 2. The average molecular weight is 389 g/mol. The van der Waals surface area contributed by atoms with E-state index in [4.69, 9.17) is 16.1 Å².